The van der Waals surface area contributed by atoms with Crippen LogP contribution in [0.5, 0.6) is 0 Å². The van der Waals surface area contributed by atoms with E-state index < -0.39 is 0 Å². The van der Waals surface area contributed by atoms with Crippen molar-refractivity contribution in [3.05, 3.63) is 11.9 Å². The van der Waals surface area contributed by atoms with E-state index in [-0.39, 0.29) is 23.3 Å². The fourth-order valence-corrected chi connectivity index (χ4v) is 2.52. The summed E-state index contributed by atoms with van der Waals surface area (Å²) in [4.78, 5) is 9.19. The quantitative estimate of drug-likeness (QED) is 0.719. The molecule has 0 fully saturated rings. The molecule has 1 aromatic rings. The normalized spacial score (nSPS) is 14.6. The molecule has 0 bridgehead atoms. The highest BCUT2D eigenvalue weighted by Crippen LogP contribution is 2.23. The molecule has 0 aliphatic carbocycles. The molecule has 0 amide bonds. The number of thioether (sulfide) groups is 1. The number of hydrogen-bond donors (Lipinski definition) is 3. The first-order valence-electron chi connectivity index (χ1n) is 7.35. The van der Waals surface area contributed by atoms with Gasteiger partial charge in [0, 0.05) is 29.3 Å². The van der Waals surface area contributed by atoms with Crippen LogP contribution in [0, 0.1) is 0 Å². The third kappa shape index (κ3) is 5.36. The molecular weight excluding hydrogens is 284 g/mol. The van der Waals surface area contributed by atoms with Crippen molar-refractivity contribution < 1.29 is 5.11 Å². The van der Waals surface area contributed by atoms with Crippen molar-refractivity contribution in [2.45, 2.75) is 51.3 Å². The van der Waals surface area contributed by atoms with E-state index in [1.807, 2.05) is 19.2 Å². The number of rotatable bonds is 7. The molecule has 1 rings (SSSR count). The molecule has 0 radical (unpaired) electrons. The zero-order chi connectivity index (χ0) is 16.0. The molecule has 0 aliphatic heterocycles. The molecule has 2 atom stereocenters. The van der Waals surface area contributed by atoms with E-state index in [9.17, 15) is 5.11 Å². The lowest BCUT2D eigenvalue weighted by molar-refractivity contribution is 0.288. The van der Waals surface area contributed by atoms with Gasteiger partial charge in [-0.25, -0.2) is 9.97 Å². The molecule has 0 spiro atoms. The fraction of sp³-hybridized carbons (Fsp3) is 0.733. The van der Waals surface area contributed by atoms with Crippen molar-refractivity contribution in [1.82, 2.24) is 9.97 Å². The monoisotopic (exact) mass is 312 g/mol. The number of nitrogens with zero attached hydrogens (tertiary/aromatic N) is 2. The number of hydrogen-bond acceptors (Lipinski definition) is 6. The summed E-state index contributed by atoms with van der Waals surface area (Å²) in [6.07, 6.45) is 2.00. The third-order valence-electron chi connectivity index (χ3n) is 3.17. The molecule has 3 N–H and O–H groups in total. The van der Waals surface area contributed by atoms with Gasteiger partial charge in [-0.05, 0) is 20.1 Å². The SMILES string of the molecule is CCNc1cc(NC(C)C(CO)SC)nc(C(C)(C)C)n1. The van der Waals surface area contributed by atoms with Crippen molar-refractivity contribution in [2.24, 2.45) is 0 Å². The van der Waals surface area contributed by atoms with Crippen LogP contribution in [-0.4, -0.2) is 45.8 Å². The van der Waals surface area contributed by atoms with E-state index in [0.29, 0.717) is 0 Å². The van der Waals surface area contributed by atoms with Gasteiger partial charge in [0.2, 0.25) is 0 Å². The van der Waals surface area contributed by atoms with Gasteiger partial charge in [0.05, 0.1) is 6.61 Å². The Bertz CT molecular complexity index is 444. The highest BCUT2D eigenvalue weighted by Gasteiger charge is 2.21. The summed E-state index contributed by atoms with van der Waals surface area (Å²) < 4.78 is 0. The molecule has 0 saturated heterocycles. The Morgan fingerprint density at radius 3 is 2.38 bits per heavy atom. The summed E-state index contributed by atoms with van der Waals surface area (Å²) in [5.74, 6) is 2.43. The highest BCUT2D eigenvalue weighted by atomic mass is 32.2. The van der Waals surface area contributed by atoms with Crippen molar-refractivity contribution in [3.8, 4) is 0 Å². The van der Waals surface area contributed by atoms with Gasteiger partial charge in [-0.3, -0.25) is 0 Å². The molecular formula is C15H28N4OS. The molecule has 1 heterocycles. The second kappa shape index (κ2) is 7.84. The van der Waals surface area contributed by atoms with Crippen molar-refractivity contribution in [3.63, 3.8) is 0 Å². The first-order chi connectivity index (χ1) is 9.81. The van der Waals surface area contributed by atoms with E-state index in [1.54, 1.807) is 11.8 Å². The van der Waals surface area contributed by atoms with Crippen LogP contribution in [0.25, 0.3) is 0 Å². The lowest BCUT2D eigenvalue weighted by Crippen LogP contribution is -2.31. The Kier molecular flexibility index (Phi) is 6.74. The minimum absolute atomic E-state index is 0.110. The van der Waals surface area contributed by atoms with Crippen LogP contribution >= 0.6 is 11.8 Å². The largest absolute Gasteiger partial charge is 0.395 e. The number of aromatic nitrogens is 2. The summed E-state index contributed by atoms with van der Waals surface area (Å²) in [7, 11) is 0. The molecule has 1 aromatic heterocycles. The van der Waals surface area contributed by atoms with E-state index >= 15 is 0 Å². The van der Waals surface area contributed by atoms with Crippen LogP contribution in [0.3, 0.4) is 0 Å². The lowest BCUT2D eigenvalue weighted by Gasteiger charge is -2.24. The van der Waals surface area contributed by atoms with E-state index in [4.69, 9.17) is 0 Å². The molecule has 5 nitrogen and oxygen atoms in total. The number of aliphatic hydroxyl groups is 1. The smallest absolute Gasteiger partial charge is 0.138 e. The predicted molar refractivity (Wildman–Crippen MR) is 92.4 cm³/mol. The molecule has 6 heteroatoms. The van der Waals surface area contributed by atoms with Crippen molar-refractivity contribution >= 4 is 23.4 Å². The molecule has 2 unspecified atom stereocenters. The maximum Gasteiger partial charge on any atom is 0.138 e. The van der Waals surface area contributed by atoms with Gasteiger partial charge in [-0.2, -0.15) is 11.8 Å². The number of aliphatic hydroxyl groups excluding tert-OH is 1. The standard InChI is InChI=1S/C15H28N4OS/c1-7-16-12-8-13(17-10(2)11(9-20)21-6)19-14(18-12)15(3,4)5/h8,10-11,20H,7,9H2,1-6H3,(H2,16,17,18,19). The predicted octanol–water partition coefficient (Wildman–Crippen LogP) is 2.73. The van der Waals surface area contributed by atoms with E-state index in [2.05, 4.69) is 48.3 Å². The Hall–Kier alpha value is -1.01. The number of anilines is 2. The van der Waals surface area contributed by atoms with Crippen LogP contribution < -0.4 is 10.6 Å². The molecule has 120 valence electrons. The van der Waals surface area contributed by atoms with Crippen LogP contribution in [0.4, 0.5) is 11.6 Å². The summed E-state index contributed by atoms with van der Waals surface area (Å²) >= 11 is 1.65. The second-order valence-corrected chi connectivity index (χ2v) is 7.21. The van der Waals surface area contributed by atoms with Crippen molar-refractivity contribution in [2.75, 3.05) is 30.0 Å². The maximum absolute atomic E-state index is 9.39. The Morgan fingerprint density at radius 2 is 1.90 bits per heavy atom. The highest BCUT2D eigenvalue weighted by molar-refractivity contribution is 7.99. The minimum atomic E-state index is -0.110. The van der Waals surface area contributed by atoms with Gasteiger partial charge in [-0.15, -0.1) is 0 Å². The van der Waals surface area contributed by atoms with Gasteiger partial charge in [0.1, 0.15) is 17.5 Å². The van der Waals surface area contributed by atoms with Gasteiger partial charge in [-0.1, -0.05) is 20.8 Å². The van der Waals surface area contributed by atoms with Gasteiger partial charge in [0.25, 0.3) is 0 Å². The van der Waals surface area contributed by atoms with Crippen LogP contribution in [-0.2, 0) is 5.41 Å². The first-order valence-corrected chi connectivity index (χ1v) is 8.64. The maximum atomic E-state index is 9.39. The Morgan fingerprint density at radius 1 is 1.29 bits per heavy atom. The summed E-state index contributed by atoms with van der Waals surface area (Å²) in [5, 5.41) is 16.2. The van der Waals surface area contributed by atoms with Crippen LogP contribution in [0.15, 0.2) is 6.07 Å². The van der Waals surface area contributed by atoms with Crippen LogP contribution in [0.2, 0.25) is 0 Å². The fourth-order valence-electron chi connectivity index (χ4n) is 1.89. The average Bonchev–Trinajstić information content (AvgIpc) is 2.39. The summed E-state index contributed by atoms with van der Waals surface area (Å²) in [5.41, 5.74) is -0.110. The van der Waals surface area contributed by atoms with E-state index in [1.165, 1.54) is 0 Å². The molecule has 0 aliphatic rings. The van der Waals surface area contributed by atoms with Crippen LogP contribution in [0.1, 0.15) is 40.4 Å². The minimum Gasteiger partial charge on any atom is -0.395 e. The molecule has 0 aromatic carbocycles. The Labute approximate surface area is 132 Å². The van der Waals surface area contributed by atoms with E-state index in [0.717, 1.165) is 24.0 Å². The van der Waals surface area contributed by atoms with Gasteiger partial charge in [0.15, 0.2) is 0 Å². The number of nitrogens with one attached hydrogen (secondary N) is 2. The third-order valence-corrected chi connectivity index (χ3v) is 4.33. The van der Waals surface area contributed by atoms with Crippen molar-refractivity contribution in [1.29, 1.82) is 0 Å². The Balaban J connectivity index is 3.02. The molecule has 0 saturated carbocycles. The summed E-state index contributed by atoms with van der Waals surface area (Å²) in [6.45, 7) is 11.4. The second-order valence-electron chi connectivity index (χ2n) is 6.13. The lowest BCUT2D eigenvalue weighted by atomic mass is 9.96. The van der Waals surface area contributed by atoms with Gasteiger partial charge < -0.3 is 15.7 Å². The summed E-state index contributed by atoms with van der Waals surface area (Å²) in [6, 6.07) is 2.05. The zero-order valence-corrected chi connectivity index (χ0v) is 14.7. The average molecular weight is 312 g/mol. The zero-order valence-electron chi connectivity index (χ0n) is 13.9. The van der Waals surface area contributed by atoms with Gasteiger partial charge >= 0.3 is 0 Å². The first kappa shape index (κ1) is 18.0. The molecule has 21 heavy (non-hydrogen) atoms. The topological polar surface area (TPSA) is 70.1 Å².